The minimum atomic E-state index is -0.319. The summed E-state index contributed by atoms with van der Waals surface area (Å²) in [5.41, 5.74) is 0.484. The Morgan fingerprint density at radius 1 is 1.60 bits per heavy atom. The van der Waals surface area contributed by atoms with Crippen molar-refractivity contribution in [2.45, 2.75) is 10.8 Å². The van der Waals surface area contributed by atoms with Crippen LogP contribution in [0.3, 0.4) is 0 Å². The first kappa shape index (κ1) is 10.7. The molecule has 1 atom stereocenters. The van der Waals surface area contributed by atoms with Gasteiger partial charge < -0.3 is 0 Å². The van der Waals surface area contributed by atoms with Gasteiger partial charge in [-0.3, -0.25) is 0 Å². The second-order valence-corrected chi connectivity index (χ2v) is 5.42. The van der Waals surface area contributed by atoms with Crippen LogP contribution in [0.15, 0.2) is 11.8 Å². The molecule has 1 unspecified atom stereocenters. The third-order valence-electron chi connectivity index (χ3n) is 2.38. The molecular weight excluding hydrogens is 263 g/mol. The number of amides is 2. The Bertz CT molecular complexity index is 329. The summed E-state index contributed by atoms with van der Waals surface area (Å²) in [6.45, 7) is 2.02. The molecule has 0 aromatic rings. The van der Waals surface area contributed by atoms with Gasteiger partial charge in [0.2, 0.25) is 0 Å². The van der Waals surface area contributed by atoms with Gasteiger partial charge in [-0.15, -0.1) is 0 Å². The van der Waals surface area contributed by atoms with E-state index in [1.807, 2.05) is 4.90 Å². The van der Waals surface area contributed by atoms with E-state index in [9.17, 15) is 9.59 Å². The van der Waals surface area contributed by atoms with Gasteiger partial charge >= 0.3 is 93.6 Å². The van der Waals surface area contributed by atoms with E-state index in [1.165, 1.54) is 6.08 Å². The molecule has 2 heterocycles. The summed E-state index contributed by atoms with van der Waals surface area (Å²) in [4.78, 5) is 24.3. The van der Waals surface area contributed by atoms with Crippen LogP contribution < -0.4 is 5.32 Å². The molecule has 5 nitrogen and oxygen atoms in total. The van der Waals surface area contributed by atoms with Gasteiger partial charge in [0, 0.05) is 0 Å². The van der Waals surface area contributed by atoms with Gasteiger partial charge in [-0.25, -0.2) is 0 Å². The van der Waals surface area contributed by atoms with Gasteiger partial charge in [0.05, 0.1) is 0 Å². The van der Waals surface area contributed by atoms with Crippen molar-refractivity contribution in [1.82, 2.24) is 10.2 Å². The zero-order valence-corrected chi connectivity index (χ0v) is 10.1. The molecule has 6 heteroatoms. The molecular formula is C9H12N2O3Se. The fraction of sp³-hybridized carbons (Fsp3) is 0.556. The topological polar surface area (TPSA) is 58.6 Å². The Morgan fingerprint density at radius 2 is 2.40 bits per heavy atom. The van der Waals surface area contributed by atoms with Crippen LogP contribution in [0.1, 0.15) is 0 Å². The molecule has 15 heavy (non-hydrogen) atoms. The van der Waals surface area contributed by atoms with Gasteiger partial charge in [0.1, 0.15) is 0 Å². The summed E-state index contributed by atoms with van der Waals surface area (Å²) >= 11 is 0.401. The molecule has 0 spiro atoms. The first-order valence-electron chi connectivity index (χ1n) is 4.67. The van der Waals surface area contributed by atoms with E-state index in [-0.39, 0.29) is 16.8 Å². The van der Waals surface area contributed by atoms with Gasteiger partial charge in [-0.2, -0.15) is 0 Å². The fourth-order valence-electron chi connectivity index (χ4n) is 1.62. The van der Waals surface area contributed by atoms with Crippen LogP contribution in [0.2, 0.25) is 5.82 Å². The molecule has 0 aliphatic carbocycles. The maximum absolute atomic E-state index is 11.4. The number of ether oxygens (including phenoxy) is 1. The summed E-state index contributed by atoms with van der Waals surface area (Å²) < 4.78 is 5.52. The summed E-state index contributed by atoms with van der Waals surface area (Å²) in [6, 6.07) is 0. The first-order chi connectivity index (χ1) is 7.20. The van der Waals surface area contributed by atoms with Gasteiger partial charge in [-0.05, 0) is 0 Å². The van der Waals surface area contributed by atoms with Gasteiger partial charge in [-0.1, -0.05) is 0 Å². The summed E-state index contributed by atoms with van der Waals surface area (Å²) in [5.74, 6) is 1.50. The van der Waals surface area contributed by atoms with Crippen molar-refractivity contribution in [3.63, 3.8) is 0 Å². The van der Waals surface area contributed by atoms with Crippen LogP contribution in [0.25, 0.3) is 0 Å². The number of nitrogens with zero attached hydrogens (tertiary/aromatic N) is 1. The Morgan fingerprint density at radius 3 is 3.00 bits per heavy atom. The average Bonchev–Trinajstić information content (AvgIpc) is 2.58. The van der Waals surface area contributed by atoms with Crippen LogP contribution in [0, 0.1) is 0 Å². The molecule has 1 N–H and O–H groups in total. The zero-order chi connectivity index (χ0) is 10.8. The molecule has 0 aromatic carbocycles. The zero-order valence-electron chi connectivity index (χ0n) is 8.36. The molecule has 82 valence electrons. The second kappa shape index (κ2) is 4.35. The number of rotatable bonds is 2. The van der Waals surface area contributed by atoms with Crippen LogP contribution in [-0.2, 0) is 14.3 Å². The number of carbonyl (C=O) groups is 2. The van der Waals surface area contributed by atoms with Crippen molar-refractivity contribution in [2.75, 3.05) is 19.7 Å². The SMILES string of the molecule is C[Se]C1CN(C2=CC(=O)NC2=O)CCO1. The van der Waals surface area contributed by atoms with Crippen LogP contribution in [-0.4, -0.2) is 56.4 Å². The predicted octanol–water partition coefficient (Wildman–Crippen LogP) is -1.06. The molecule has 1 fully saturated rings. The molecule has 2 aliphatic rings. The molecule has 0 radical (unpaired) electrons. The van der Waals surface area contributed by atoms with E-state index >= 15 is 0 Å². The summed E-state index contributed by atoms with van der Waals surface area (Å²) in [7, 11) is 0. The molecule has 2 aliphatic heterocycles. The van der Waals surface area contributed by atoms with Crippen molar-refractivity contribution in [3.05, 3.63) is 11.8 Å². The number of morpholine rings is 1. The average molecular weight is 275 g/mol. The quantitative estimate of drug-likeness (QED) is 0.515. The Kier molecular flexibility index (Phi) is 3.09. The molecule has 1 saturated heterocycles. The number of carbonyl (C=O) groups excluding carboxylic acids is 2. The molecule has 0 aromatic heterocycles. The number of imide groups is 1. The molecule has 0 bridgehead atoms. The Labute approximate surface area is 94.0 Å². The monoisotopic (exact) mass is 276 g/mol. The van der Waals surface area contributed by atoms with Gasteiger partial charge in [0.25, 0.3) is 0 Å². The van der Waals surface area contributed by atoms with E-state index in [0.29, 0.717) is 40.4 Å². The second-order valence-electron chi connectivity index (χ2n) is 3.33. The maximum atomic E-state index is 11.4. The van der Waals surface area contributed by atoms with E-state index in [1.54, 1.807) is 0 Å². The molecule has 2 rings (SSSR count). The minimum absolute atomic E-state index is 0.218. The standard InChI is InChI=1S/C9H12N2O3Se/c1-15-8-5-11(2-3-14-8)6-4-7(12)10-9(6)13/h4,8H,2-3,5H2,1H3,(H,10,12,13). The number of nitrogens with one attached hydrogen (secondary N) is 1. The van der Waals surface area contributed by atoms with Gasteiger partial charge in [0.15, 0.2) is 0 Å². The third kappa shape index (κ3) is 2.22. The van der Waals surface area contributed by atoms with Crippen LogP contribution >= 0.6 is 0 Å². The van der Waals surface area contributed by atoms with Crippen molar-refractivity contribution in [3.8, 4) is 0 Å². The summed E-state index contributed by atoms with van der Waals surface area (Å²) in [5, 5.41) is 2.47. The third-order valence-corrected chi connectivity index (χ3v) is 4.08. The van der Waals surface area contributed by atoms with E-state index in [4.69, 9.17) is 4.74 Å². The van der Waals surface area contributed by atoms with Crippen LogP contribution in [0.4, 0.5) is 0 Å². The van der Waals surface area contributed by atoms with Crippen molar-refractivity contribution >= 4 is 26.8 Å². The van der Waals surface area contributed by atoms with E-state index in [0.717, 1.165) is 0 Å². The van der Waals surface area contributed by atoms with Crippen molar-refractivity contribution in [1.29, 1.82) is 0 Å². The number of hydrogen-bond donors (Lipinski definition) is 1. The molecule has 2 amide bonds. The van der Waals surface area contributed by atoms with Crippen molar-refractivity contribution in [2.24, 2.45) is 0 Å². The normalized spacial score (nSPS) is 26.6. The number of hydrogen-bond acceptors (Lipinski definition) is 4. The van der Waals surface area contributed by atoms with Crippen molar-refractivity contribution < 1.29 is 14.3 Å². The summed E-state index contributed by atoms with van der Waals surface area (Å²) in [6.07, 6.45) is 1.37. The Hall–Kier alpha value is -0.841. The van der Waals surface area contributed by atoms with E-state index in [2.05, 4.69) is 11.1 Å². The van der Waals surface area contributed by atoms with E-state index < -0.39 is 0 Å². The molecule has 0 saturated carbocycles. The predicted molar refractivity (Wildman–Crippen MR) is 54.2 cm³/mol. The Balaban J connectivity index is 2.07. The fourth-order valence-corrected chi connectivity index (χ4v) is 2.79. The van der Waals surface area contributed by atoms with Crippen LogP contribution in [0.5, 0.6) is 0 Å². The first-order valence-corrected chi connectivity index (χ1v) is 7.37.